The molecule has 0 radical (unpaired) electrons. The Morgan fingerprint density at radius 2 is 1.31 bits per heavy atom. The van der Waals surface area contributed by atoms with E-state index in [2.05, 4.69) is 10.9 Å². The molecule has 0 aromatic heterocycles. The molecule has 4 heteroatoms. The molecular formula is C25H20N2O2. The van der Waals surface area contributed by atoms with E-state index in [1.54, 1.807) is 6.08 Å². The van der Waals surface area contributed by atoms with Gasteiger partial charge in [-0.05, 0) is 38.7 Å². The van der Waals surface area contributed by atoms with E-state index >= 15 is 0 Å². The van der Waals surface area contributed by atoms with Crippen LogP contribution in [0.25, 0.3) is 27.6 Å². The summed E-state index contributed by atoms with van der Waals surface area (Å²) in [5.74, 6) is -0.655. The molecule has 2 amide bonds. The molecule has 2 N–H and O–H groups in total. The number of hydrogen-bond donors (Lipinski definition) is 2. The molecule has 0 atom stereocenters. The number of carbonyl (C=O) groups excluding carboxylic acids is 2. The van der Waals surface area contributed by atoms with Gasteiger partial charge in [0.25, 0.3) is 5.91 Å². The van der Waals surface area contributed by atoms with E-state index in [4.69, 9.17) is 0 Å². The van der Waals surface area contributed by atoms with Crippen molar-refractivity contribution in [2.75, 3.05) is 0 Å². The van der Waals surface area contributed by atoms with Crippen LogP contribution in [0, 0.1) is 0 Å². The number of amides is 2. The van der Waals surface area contributed by atoms with Crippen LogP contribution in [0.15, 0.2) is 91.0 Å². The number of nitrogens with one attached hydrogen (secondary N) is 2. The maximum Gasteiger partial charge on any atom is 0.262 e. The lowest BCUT2D eigenvalue weighted by Gasteiger charge is -2.08. The second-order valence-electron chi connectivity index (χ2n) is 6.75. The minimum atomic E-state index is -0.385. The molecule has 4 nitrogen and oxygen atoms in total. The topological polar surface area (TPSA) is 58.2 Å². The number of benzene rings is 4. The summed E-state index contributed by atoms with van der Waals surface area (Å²) in [7, 11) is 0. The van der Waals surface area contributed by atoms with Gasteiger partial charge in [0.15, 0.2) is 0 Å². The van der Waals surface area contributed by atoms with Gasteiger partial charge in [0.2, 0.25) is 5.91 Å². The second kappa shape index (κ2) is 8.40. The predicted octanol–water partition coefficient (Wildman–Crippen LogP) is 4.40. The average Bonchev–Trinajstić information content (AvgIpc) is 2.76. The zero-order valence-corrected chi connectivity index (χ0v) is 15.8. The maximum atomic E-state index is 12.3. The van der Waals surface area contributed by atoms with Crippen molar-refractivity contribution in [3.05, 3.63) is 102 Å². The minimum Gasteiger partial charge on any atom is -0.273 e. The Morgan fingerprint density at radius 1 is 0.690 bits per heavy atom. The zero-order chi connectivity index (χ0) is 20.1. The third-order valence-corrected chi connectivity index (χ3v) is 4.79. The van der Waals surface area contributed by atoms with E-state index in [9.17, 15) is 9.59 Å². The summed E-state index contributed by atoms with van der Waals surface area (Å²) in [6.45, 7) is 0. The zero-order valence-electron chi connectivity index (χ0n) is 15.8. The smallest absolute Gasteiger partial charge is 0.262 e. The molecule has 0 aliphatic carbocycles. The van der Waals surface area contributed by atoms with Gasteiger partial charge < -0.3 is 0 Å². The Hall–Kier alpha value is -3.92. The SMILES string of the molecule is O=C(C=Cc1cccc2ccccc12)NNC(=O)Cc1cccc2ccccc12. The molecule has 0 aliphatic heterocycles. The molecule has 4 aromatic rings. The highest BCUT2D eigenvalue weighted by atomic mass is 16.2. The highest BCUT2D eigenvalue weighted by molar-refractivity contribution is 5.97. The first-order valence-electron chi connectivity index (χ1n) is 9.42. The molecule has 0 heterocycles. The van der Waals surface area contributed by atoms with E-state index < -0.39 is 0 Å². The molecular weight excluding hydrogens is 360 g/mol. The van der Waals surface area contributed by atoms with Gasteiger partial charge in [0.1, 0.15) is 0 Å². The van der Waals surface area contributed by atoms with Gasteiger partial charge in [0, 0.05) is 6.08 Å². The van der Waals surface area contributed by atoms with Crippen LogP contribution >= 0.6 is 0 Å². The standard InChI is InChI=1S/C25H20N2O2/c28-24(16-15-20-11-5-9-18-7-1-3-13-22(18)20)26-27-25(29)17-21-12-6-10-19-8-2-4-14-23(19)21/h1-16H,17H2,(H,26,28)(H,27,29). The Labute approximate surface area is 168 Å². The van der Waals surface area contributed by atoms with Crippen molar-refractivity contribution >= 4 is 39.4 Å². The molecule has 142 valence electrons. The molecule has 0 saturated heterocycles. The van der Waals surface area contributed by atoms with Crippen molar-refractivity contribution in [1.29, 1.82) is 0 Å². The van der Waals surface area contributed by atoms with E-state index in [0.717, 1.165) is 32.7 Å². The van der Waals surface area contributed by atoms with Gasteiger partial charge in [-0.25, -0.2) is 0 Å². The molecule has 0 unspecified atom stereocenters. The summed E-state index contributed by atoms with van der Waals surface area (Å²) < 4.78 is 0. The van der Waals surface area contributed by atoms with Gasteiger partial charge in [-0.2, -0.15) is 0 Å². The lowest BCUT2D eigenvalue weighted by atomic mass is 10.0. The molecule has 0 bridgehead atoms. The number of fused-ring (bicyclic) bond motifs is 2. The largest absolute Gasteiger partial charge is 0.273 e. The van der Waals surface area contributed by atoms with E-state index in [1.165, 1.54) is 6.08 Å². The molecule has 29 heavy (non-hydrogen) atoms. The van der Waals surface area contributed by atoms with Crippen molar-refractivity contribution in [3.8, 4) is 0 Å². The third-order valence-electron chi connectivity index (χ3n) is 4.79. The first kappa shape index (κ1) is 18.4. The lowest BCUT2D eigenvalue weighted by Crippen LogP contribution is -2.41. The van der Waals surface area contributed by atoms with Gasteiger partial charge in [-0.15, -0.1) is 0 Å². The highest BCUT2D eigenvalue weighted by Crippen LogP contribution is 2.20. The van der Waals surface area contributed by atoms with Crippen LogP contribution < -0.4 is 10.9 Å². The number of hydrazine groups is 1. The summed E-state index contributed by atoms with van der Waals surface area (Å²) >= 11 is 0. The van der Waals surface area contributed by atoms with Crippen LogP contribution in [-0.4, -0.2) is 11.8 Å². The van der Waals surface area contributed by atoms with Crippen LogP contribution in [-0.2, 0) is 16.0 Å². The van der Waals surface area contributed by atoms with Crippen molar-refractivity contribution in [2.24, 2.45) is 0 Å². The number of rotatable bonds is 4. The summed E-state index contributed by atoms with van der Waals surface area (Å²) in [5.41, 5.74) is 6.79. The Kier molecular flexibility index (Phi) is 5.34. The molecule has 0 aliphatic rings. The van der Waals surface area contributed by atoms with Crippen LogP contribution in [0.2, 0.25) is 0 Å². The Balaban J connectivity index is 1.38. The predicted molar refractivity (Wildman–Crippen MR) is 117 cm³/mol. The maximum absolute atomic E-state index is 12.3. The minimum absolute atomic E-state index is 0.189. The fourth-order valence-electron chi connectivity index (χ4n) is 3.40. The van der Waals surface area contributed by atoms with Crippen molar-refractivity contribution in [1.82, 2.24) is 10.9 Å². The summed E-state index contributed by atoms with van der Waals surface area (Å²) in [6.07, 6.45) is 3.35. The summed E-state index contributed by atoms with van der Waals surface area (Å²) in [4.78, 5) is 24.4. The number of carbonyl (C=O) groups is 2. The van der Waals surface area contributed by atoms with Crippen LogP contribution in [0.1, 0.15) is 11.1 Å². The first-order chi connectivity index (χ1) is 14.2. The van der Waals surface area contributed by atoms with Crippen molar-refractivity contribution < 1.29 is 9.59 Å². The van der Waals surface area contributed by atoms with E-state index in [1.807, 2.05) is 84.9 Å². The van der Waals surface area contributed by atoms with Gasteiger partial charge >= 0.3 is 0 Å². The summed E-state index contributed by atoms with van der Waals surface area (Å²) in [5, 5.41) is 4.30. The molecule has 4 rings (SSSR count). The van der Waals surface area contributed by atoms with E-state index in [0.29, 0.717) is 0 Å². The number of hydrogen-bond acceptors (Lipinski definition) is 2. The summed E-state index contributed by atoms with van der Waals surface area (Å²) in [6, 6.07) is 27.7. The van der Waals surface area contributed by atoms with Crippen molar-refractivity contribution in [2.45, 2.75) is 6.42 Å². The second-order valence-corrected chi connectivity index (χ2v) is 6.75. The van der Waals surface area contributed by atoms with Crippen molar-refractivity contribution in [3.63, 3.8) is 0 Å². The Bertz CT molecular complexity index is 1220. The molecule has 0 spiro atoms. The van der Waals surface area contributed by atoms with Crippen LogP contribution in [0.5, 0.6) is 0 Å². The average molecular weight is 380 g/mol. The highest BCUT2D eigenvalue weighted by Gasteiger charge is 2.07. The molecule has 0 fully saturated rings. The quantitative estimate of drug-likeness (QED) is 0.407. The fraction of sp³-hybridized carbons (Fsp3) is 0.0400. The van der Waals surface area contributed by atoms with E-state index in [-0.39, 0.29) is 18.2 Å². The van der Waals surface area contributed by atoms with Gasteiger partial charge in [-0.1, -0.05) is 84.9 Å². The lowest BCUT2D eigenvalue weighted by molar-refractivity contribution is -0.126. The monoisotopic (exact) mass is 380 g/mol. The van der Waals surface area contributed by atoms with Crippen LogP contribution in [0.4, 0.5) is 0 Å². The van der Waals surface area contributed by atoms with Gasteiger partial charge in [0.05, 0.1) is 6.42 Å². The first-order valence-corrected chi connectivity index (χ1v) is 9.42. The molecule has 4 aromatic carbocycles. The molecule has 0 saturated carbocycles. The van der Waals surface area contributed by atoms with Crippen LogP contribution in [0.3, 0.4) is 0 Å². The fourth-order valence-corrected chi connectivity index (χ4v) is 3.40. The normalized spacial score (nSPS) is 11.0. The van der Waals surface area contributed by atoms with Gasteiger partial charge in [-0.3, -0.25) is 20.4 Å². The Morgan fingerprint density at radius 3 is 2.10 bits per heavy atom. The third kappa shape index (κ3) is 4.33.